The van der Waals surface area contributed by atoms with Gasteiger partial charge in [-0.1, -0.05) is 11.6 Å². The van der Waals surface area contributed by atoms with Gasteiger partial charge in [0.15, 0.2) is 0 Å². The van der Waals surface area contributed by atoms with E-state index in [1.54, 1.807) is 6.92 Å². The van der Waals surface area contributed by atoms with Gasteiger partial charge in [0.2, 0.25) is 0 Å². The number of hydrogen-bond acceptors (Lipinski definition) is 5. The third kappa shape index (κ3) is 3.01. The Hall–Kier alpha value is -1.11. The van der Waals surface area contributed by atoms with Crippen molar-refractivity contribution in [3.05, 3.63) is 32.6 Å². The summed E-state index contributed by atoms with van der Waals surface area (Å²) in [5.74, 6) is -0.942. The monoisotopic (exact) mass is 302 g/mol. The van der Waals surface area contributed by atoms with Gasteiger partial charge < -0.3 is 10.4 Å². The van der Waals surface area contributed by atoms with E-state index in [1.807, 2.05) is 12.1 Å². The first-order chi connectivity index (χ1) is 8.58. The Labute approximate surface area is 117 Å². The Morgan fingerprint density at radius 3 is 2.94 bits per heavy atom. The largest absolute Gasteiger partial charge is 0.478 e. The molecule has 7 heteroatoms. The van der Waals surface area contributed by atoms with E-state index >= 15 is 0 Å². The number of nitrogens with one attached hydrogen (secondary N) is 1. The van der Waals surface area contributed by atoms with Gasteiger partial charge in [-0.2, -0.15) is 4.37 Å². The van der Waals surface area contributed by atoms with Gasteiger partial charge in [0.25, 0.3) is 0 Å². The van der Waals surface area contributed by atoms with Crippen molar-refractivity contribution < 1.29 is 9.90 Å². The lowest BCUT2D eigenvalue weighted by Crippen LogP contribution is -2.07. The van der Waals surface area contributed by atoms with Crippen molar-refractivity contribution in [2.24, 2.45) is 0 Å². The molecule has 2 N–H and O–H groups in total. The number of halogens is 1. The number of aromatic nitrogens is 1. The van der Waals surface area contributed by atoms with Gasteiger partial charge >= 0.3 is 5.97 Å². The maximum atomic E-state index is 11.1. The fourth-order valence-corrected chi connectivity index (χ4v) is 3.43. The molecule has 0 unspecified atom stereocenters. The summed E-state index contributed by atoms with van der Waals surface area (Å²) < 4.78 is 4.82. The first-order valence-electron chi connectivity index (χ1n) is 5.25. The van der Waals surface area contributed by atoms with Gasteiger partial charge in [0.05, 0.1) is 10.0 Å². The van der Waals surface area contributed by atoms with Crippen LogP contribution in [0.2, 0.25) is 4.34 Å². The minimum absolute atomic E-state index is 0.268. The molecule has 0 fully saturated rings. The molecular formula is C11H11ClN2O2S2. The number of aromatic carboxylic acids is 1. The van der Waals surface area contributed by atoms with Crippen molar-refractivity contribution >= 4 is 45.4 Å². The summed E-state index contributed by atoms with van der Waals surface area (Å²) in [6, 6.07) is 3.84. The number of aryl methyl sites for hydroxylation is 1. The van der Waals surface area contributed by atoms with E-state index in [0.29, 0.717) is 17.2 Å². The van der Waals surface area contributed by atoms with Crippen LogP contribution in [0.1, 0.15) is 20.9 Å². The standard InChI is InChI=1S/C11H11ClN2O2S2/c1-6-9(11(15)16)10(18-14-6)13-5-4-7-2-3-8(12)17-7/h2-3,13H,4-5H2,1H3,(H,15,16). The molecule has 0 atom stereocenters. The highest BCUT2D eigenvalue weighted by atomic mass is 35.5. The summed E-state index contributed by atoms with van der Waals surface area (Å²) >= 11 is 8.55. The molecule has 0 bridgehead atoms. The quantitative estimate of drug-likeness (QED) is 0.887. The molecule has 0 aliphatic rings. The Bertz CT molecular complexity index is 565. The van der Waals surface area contributed by atoms with Crippen LogP contribution >= 0.6 is 34.5 Å². The first-order valence-corrected chi connectivity index (χ1v) is 7.22. The maximum absolute atomic E-state index is 11.1. The van der Waals surface area contributed by atoms with Crippen LogP contribution < -0.4 is 5.32 Å². The van der Waals surface area contributed by atoms with E-state index < -0.39 is 5.97 Å². The van der Waals surface area contributed by atoms with Crippen LogP contribution in [0.15, 0.2) is 12.1 Å². The summed E-state index contributed by atoms with van der Waals surface area (Å²) in [6.45, 7) is 2.36. The molecule has 2 heterocycles. The summed E-state index contributed by atoms with van der Waals surface area (Å²) in [5.41, 5.74) is 0.818. The molecule has 0 aromatic carbocycles. The molecule has 2 aromatic rings. The Balaban J connectivity index is 1.96. The van der Waals surface area contributed by atoms with Gasteiger partial charge in [0.1, 0.15) is 10.6 Å². The SMILES string of the molecule is Cc1nsc(NCCc2ccc(Cl)s2)c1C(=O)O. The highest BCUT2D eigenvalue weighted by Crippen LogP contribution is 2.25. The third-order valence-corrected chi connectivity index (χ3v) is 4.55. The second-order valence-electron chi connectivity index (χ2n) is 3.66. The molecule has 0 radical (unpaired) electrons. The number of hydrogen-bond donors (Lipinski definition) is 2. The van der Waals surface area contributed by atoms with E-state index in [0.717, 1.165) is 10.8 Å². The van der Waals surface area contributed by atoms with Crippen molar-refractivity contribution in [2.45, 2.75) is 13.3 Å². The Morgan fingerprint density at radius 2 is 2.33 bits per heavy atom. The number of nitrogens with zero attached hydrogens (tertiary/aromatic N) is 1. The van der Waals surface area contributed by atoms with Gasteiger partial charge in [-0.05, 0) is 37.0 Å². The summed E-state index contributed by atoms with van der Waals surface area (Å²) in [4.78, 5) is 12.2. The minimum atomic E-state index is -0.942. The van der Waals surface area contributed by atoms with Crippen molar-refractivity contribution in [3.8, 4) is 0 Å². The molecular weight excluding hydrogens is 292 g/mol. The fourth-order valence-electron chi connectivity index (χ4n) is 1.53. The van der Waals surface area contributed by atoms with E-state index in [9.17, 15) is 4.79 Å². The molecule has 0 amide bonds. The number of anilines is 1. The van der Waals surface area contributed by atoms with E-state index in [1.165, 1.54) is 27.7 Å². The average molecular weight is 303 g/mol. The lowest BCUT2D eigenvalue weighted by atomic mass is 10.2. The minimum Gasteiger partial charge on any atom is -0.478 e. The molecule has 0 aliphatic carbocycles. The number of carboxylic acid groups (broad SMARTS) is 1. The van der Waals surface area contributed by atoms with Crippen LogP contribution in [0.5, 0.6) is 0 Å². The lowest BCUT2D eigenvalue weighted by Gasteiger charge is -2.03. The summed E-state index contributed by atoms with van der Waals surface area (Å²) in [7, 11) is 0. The second-order valence-corrected chi connectivity index (χ2v) is 6.23. The lowest BCUT2D eigenvalue weighted by molar-refractivity contribution is 0.0697. The van der Waals surface area contributed by atoms with Gasteiger partial charge in [-0.15, -0.1) is 11.3 Å². The van der Waals surface area contributed by atoms with Crippen molar-refractivity contribution in [2.75, 3.05) is 11.9 Å². The van der Waals surface area contributed by atoms with Crippen molar-refractivity contribution in [3.63, 3.8) is 0 Å². The second kappa shape index (κ2) is 5.69. The predicted molar refractivity (Wildman–Crippen MR) is 75.3 cm³/mol. The zero-order valence-electron chi connectivity index (χ0n) is 9.57. The predicted octanol–water partition coefficient (Wildman–Crippen LogP) is 3.52. The molecule has 4 nitrogen and oxygen atoms in total. The highest BCUT2D eigenvalue weighted by molar-refractivity contribution is 7.16. The molecule has 2 aromatic heterocycles. The van der Waals surface area contributed by atoms with Crippen LogP contribution in [0.3, 0.4) is 0 Å². The van der Waals surface area contributed by atoms with Gasteiger partial charge in [0, 0.05) is 11.4 Å². The molecule has 0 saturated heterocycles. The molecule has 2 rings (SSSR count). The molecule has 0 spiro atoms. The molecule has 0 aliphatic heterocycles. The van der Waals surface area contributed by atoms with E-state index in [4.69, 9.17) is 16.7 Å². The van der Waals surface area contributed by atoms with Crippen molar-refractivity contribution in [1.29, 1.82) is 0 Å². The van der Waals surface area contributed by atoms with Crippen LogP contribution in [0, 0.1) is 6.92 Å². The Kier molecular flexibility index (Phi) is 4.21. The topological polar surface area (TPSA) is 62.2 Å². The summed E-state index contributed by atoms with van der Waals surface area (Å²) in [5, 5.41) is 12.8. The van der Waals surface area contributed by atoms with E-state index in [-0.39, 0.29) is 5.56 Å². The van der Waals surface area contributed by atoms with Gasteiger partial charge in [-0.25, -0.2) is 4.79 Å². The maximum Gasteiger partial charge on any atom is 0.340 e. The number of carbonyl (C=O) groups is 1. The smallest absolute Gasteiger partial charge is 0.340 e. The fraction of sp³-hybridized carbons (Fsp3) is 0.273. The number of thiophene rings is 1. The highest BCUT2D eigenvalue weighted by Gasteiger charge is 2.16. The molecule has 0 saturated carbocycles. The average Bonchev–Trinajstić information content (AvgIpc) is 2.86. The van der Waals surface area contributed by atoms with Crippen LogP contribution in [0.25, 0.3) is 0 Å². The Morgan fingerprint density at radius 1 is 1.56 bits per heavy atom. The van der Waals surface area contributed by atoms with Gasteiger partial charge in [-0.3, -0.25) is 0 Å². The normalized spacial score (nSPS) is 10.6. The van der Waals surface area contributed by atoms with Crippen LogP contribution in [-0.2, 0) is 6.42 Å². The third-order valence-electron chi connectivity index (χ3n) is 2.36. The molecule has 18 heavy (non-hydrogen) atoms. The summed E-state index contributed by atoms with van der Waals surface area (Å²) in [6.07, 6.45) is 0.813. The zero-order valence-corrected chi connectivity index (χ0v) is 12.0. The molecule has 96 valence electrons. The van der Waals surface area contributed by atoms with Crippen LogP contribution in [-0.4, -0.2) is 22.0 Å². The first kappa shape index (κ1) is 13.3. The van der Waals surface area contributed by atoms with Crippen molar-refractivity contribution in [1.82, 2.24) is 4.37 Å². The zero-order chi connectivity index (χ0) is 13.1. The van der Waals surface area contributed by atoms with E-state index in [2.05, 4.69) is 9.69 Å². The number of rotatable bonds is 5. The van der Waals surface area contributed by atoms with Crippen LogP contribution in [0.4, 0.5) is 5.00 Å². The number of carboxylic acids is 1.